The Bertz CT molecular complexity index is 603. The Morgan fingerprint density at radius 3 is 2.53 bits per heavy atom. The molecule has 96 valence electrons. The maximum Gasteiger partial charge on any atom is 0.137 e. The lowest BCUT2D eigenvalue weighted by molar-refractivity contribution is 0.305. The average Bonchev–Trinajstić information content (AvgIpc) is 2.46. The summed E-state index contributed by atoms with van der Waals surface area (Å²) in [6.45, 7) is 0.417. The second kappa shape index (κ2) is 6.26. The van der Waals surface area contributed by atoms with Crippen molar-refractivity contribution in [3.63, 3.8) is 0 Å². The van der Waals surface area contributed by atoms with E-state index < -0.39 is 0 Å². The minimum Gasteiger partial charge on any atom is -0.497 e. The maximum atomic E-state index is 9.04. The molecular weight excluding hydrogens is 306 g/mol. The topological polar surface area (TPSA) is 42.2 Å². The van der Waals surface area contributed by atoms with Crippen molar-refractivity contribution in [1.82, 2.24) is 0 Å². The Labute approximate surface area is 120 Å². The number of nitrogens with zero attached hydrogens (tertiary/aromatic N) is 1. The smallest absolute Gasteiger partial charge is 0.137 e. The Balaban J connectivity index is 2.08. The quantitative estimate of drug-likeness (QED) is 0.858. The lowest BCUT2D eigenvalue weighted by Crippen LogP contribution is -1.97. The lowest BCUT2D eigenvalue weighted by Gasteiger charge is -2.08. The SMILES string of the molecule is COc1ccc(COc2ccc(Br)cc2C#N)cc1. The minimum atomic E-state index is 0.417. The van der Waals surface area contributed by atoms with Crippen LogP contribution in [0, 0.1) is 11.3 Å². The molecular formula is C15H12BrNO2. The fourth-order valence-electron chi connectivity index (χ4n) is 1.60. The van der Waals surface area contributed by atoms with Crippen LogP contribution in [0.4, 0.5) is 0 Å². The first kappa shape index (κ1) is 13.4. The second-order valence-corrected chi connectivity index (χ2v) is 4.80. The van der Waals surface area contributed by atoms with Gasteiger partial charge in [0.2, 0.25) is 0 Å². The Kier molecular flexibility index (Phi) is 4.43. The lowest BCUT2D eigenvalue weighted by atomic mass is 10.2. The Morgan fingerprint density at radius 2 is 1.89 bits per heavy atom. The number of hydrogen-bond donors (Lipinski definition) is 0. The van der Waals surface area contributed by atoms with Crippen molar-refractivity contribution in [1.29, 1.82) is 5.26 Å². The molecule has 0 aliphatic carbocycles. The van der Waals surface area contributed by atoms with E-state index in [1.807, 2.05) is 30.3 Å². The molecule has 4 heteroatoms. The van der Waals surface area contributed by atoms with Crippen LogP contribution in [0.1, 0.15) is 11.1 Å². The molecule has 0 saturated heterocycles. The molecule has 0 unspecified atom stereocenters. The van der Waals surface area contributed by atoms with Gasteiger partial charge < -0.3 is 9.47 Å². The third-order valence-electron chi connectivity index (χ3n) is 2.62. The molecule has 0 amide bonds. The predicted molar refractivity (Wildman–Crippen MR) is 76.2 cm³/mol. The molecule has 0 N–H and O–H groups in total. The Hall–Kier alpha value is -1.99. The molecule has 0 saturated carbocycles. The zero-order valence-corrected chi connectivity index (χ0v) is 12.0. The first-order chi connectivity index (χ1) is 9.22. The van der Waals surface area contributed by atoms with Crippen LogP contribution in [0.2, 0.25) is 0 Å². The van der Waals surface area contributed by atoms with E-state index in [4.69, 9.17) is 14.7 Å². The largest absolute Gasteiger partial charge is 0.497 e. The highest BCUT2D eigenvalue weighted by Crippen LogP contribution is 2.23. The number of methoxy groups -OCH3 is 1. The predicted octanol–water partition coefficient (Wildman–Crippen LogP) is 3.91. The molecule has 19 heavy (non-hydrogen) atoms. The zero-order chi connectivity index (χ0) is 13.7. The van der Waals surface area contributed by atoms with Gasteiger partial charge in [0.15, 0.2) is 0 Å². The van der Waals surface area contributed by atoms with Crippen molar-refractivity contribution in [2.75, 3.05) is 7.11 Å². The van der Waals surface area contributed by atoms with E-state index in [-0.39, 0.29) is 0 Å². The summed E-state index contributed by atoms with van der Waals surface area (Å²) in [5, 5.41) is 9.04. The molecule has 0 aliphatic heterocycles. The third kappa shape index (κ3) is 3.49. The molecule has 2 aromatic carbocycles. The van der Waals surface area contributed by atoms with E-state index in [2.05, 4.69) is 22.0 Å². The van der Waals surface area contributed by atoms with Gasteiger partial charge in [0.1, 0.15) is 24.2 Å². The monoisotopic (exact) mass is 317 g/mol. The molecule has 0 aromatic heterocycles. The average molecular weight is 318 g/mol. The van der Waals surface area contributed by atoms with E-state index in [0.29, 0.717) is 17.9 Å². The van der Waals surface area contributed by atoms with Gasteiger partial charge in [0, 0.05) is 4.47 Å². The fraction of sp³-hybridized carbons (Fsp3) is 0.133. The van der Waals surface area contributed by atoms with Crippen molar-refractivity contribution in [3.05, 3.63) is 58.1 Å². The highest BCUT2D eigenvalue weighted by molar-refractivity contribution is 9.10. The van der Waals surface area contributed by atoms with Gasteiger partial charge >= 0.3 is 0 Å². The number of halogens is 1. The summed E-state index contributed by atoms with van der Waals surface area (Å²) in [5.74, 6) is 1.40. The van der Waals surface area contributed by atoms with E-state index in [0.717, 1.165) is 15.8 Å². The second-order valence-electron chi connectivity index (χ2n) is 3.89. The van der Waals surface area contributed by atoms with Gasteiger partial charge in [-0.2, -0.15) is 5.26 Å². The molecule has 0 aliphatic rings. The summed E-state index contributed by atoms with van der Waals surface area (Å²) >= 11 is 3.33. The molecule has 3 nitrogen and oxygen atoms in total. The molecule has 0 heterocycles. The zero-order valence-electron chi connectivity index (χ0n) is 10.4. The first-order valence-corrected chi connectivity index (χ1v) is 6.47. The summed E-state index contributed by atoms with van der Waals surface area (Å²) < 4.78 is 11.6. The summed E-state index contributed by atoms with van der Waals surface area (Å²) in [7, 11) is 1.63. The molecule has 2 rings (SSSR count). The van der Waals surface area contributed by atoms with Gasteiger partial charge in [0.05, 0.1) is 12.7 Å². The summed E-state index contributed by atoms with van der Waals surface area (Å²) in [4.78, 5) is 0. The summed E-state index contributed by atoms with van der Waals surface area (Å²) in [5.41, 5.74) is 1.54. The van der Waals surface area contributed by atoms with Crippen LogP contribution in [0.15, 0.2) is 46.9 Å². The van der Waals surface area contributed by atoms with Gasteiger partial charge in [-0.15, -0.1) is 0 Å². The van der Waals surface area contributed by atoms with Crippen LogP contribution < -0.4 is 9.47 Å². The van der Waals surface area contributed by atoms with Crippen molar-refractivity contribution in [2.24, 2.45) is 0 Å². The number of ether oxygens (including phenoxy) is 2. The van der Waals surface area contributed by atoms with Crippen LogP contribution >= 0.6 is 15.9 Å². The highest BCUT2D eigenvalue weighted by Gasteiger charge is 2.04. The number of hydrogen-bond acceptors (Lipinski definition) is 3. The van der Waals surface area contributed by atoms with Gasteiger partial charge in [-0.1, -0.05) is 28.1 Å². The van der Waals surface area contributed by atoms with E-state index >= 15 is 0 Å². The molecule has 0 radical (unpaired) electrons. The van der Waals surface area contributed by atoms with Crippen LogP contribution in [-0.4, -0.2) is 7.11 Å². The van der Waals surface area contributed by atoms with Crippen LogP contribution in [0.25, 0.3) is 0 Å². The number of benzene rings is 2. The Morgan fingerprint density at radius 1 is 1.16 bits per heavy atom. The fourth-order valence-corrected chi connectivity index (χ4v) is 1.96. The van der Waals surface area contributed by atoms with E-state index in [1.54, 1.807) is 19.2 Å². The number of rotatable bonds is 4. The van der Waals surface area contributed by atoms with Gasteiger partial charge in [-0.05, 0) is 35.9 Å². The van der Waals surface area contributed by atoms with Gasteiger partial charge in [-0.25, -0.2) is 0 Å². The van der Waals surface area contributed by atoms with E-state index in [9.17, 15) is 0 Å². The summed E-state index contributed by atoms with van der Waals surface area (Å²) in [6, 6.07) is 15.1. The van der Waals surface area contributed by atoms with Crippen molar-refractivity contribution in [3.8, 4) is 17.6 Å². The molecule has 0 atom stereocenters. The highest BCUT2D eigenvalue weighted by atomic mass is 79.9. The van der Waals surface area contributed by atoms with Gasteiger partial charge in [-0.3, -0.25) is 0 Å². The maximum absolute atomic E-state index is 9.04. The van der Waals surface area contributed by atoms with Crippen LogP contribution in [-0.2, 0) is 6.61 Å². The molecule has 0 fully saturated rings. The van der Waals surface area contributed by atoms with Crippen molar-refractivity contribution < 1.29 is 9.47 Å². The van der Waals surface area contributed by atoms with Crippen LogP contribution in [0.3, 0.4) is 0 Å². The van der Waals surface area contributed by atoms with Crippen molar-refractivity contribution in [2.45, 2.75) is 6.61 Å². The normalized spacial score (nSPS) is 9.74. The first-order valence-electron chi connectivity index (χ1n) is 5.68. The van der Waals surface area contributed by atoms with Gasteiger partial charge in [0.25, 0.3) is 0 Å². The minimum absolute atomic E-state index is 0.417. The summed E-state index contributed by atoms with van der Waals surface area (Å²) in [6.07, 6.45) is 0. The van der Waals surface area contributed by atoms with E-state index in [1.165, 1.54) is 0 Å². The standard InChI is InChI=1S/C15H12BrNO2/c1-18-14-5-2-11(3-6-14)10-19-15-7-4-13(16)8-12(15)9-17/h2-8H,10H2,1H3. The third-order valence-corrected chi connectivity index (χ3v) is 3.11. The van der Waals surface area contributed by atoms with Crippen LogP contribution in [0.5, 0.6) is 11.5 Å². The van der Waals surface area contributed by atoms with Crippen molar-refractivity contribution >= 4 is 15.9 Å². The molecule has 0 bridgehead atoms. The molecule has 2 aromatic rings. The number of nitriles is 1. The molecule has 0 spiro atoms.